The minimum Gasteiger partial charge on any atom is -0.352 e. The predicted molar refractivity (Wildman–Crippen MR) is 97.5 cm³/mol. The lowest BCUT2D eigenvalue weighted by atomic mass is 10.1. The second kappa shape index (κ2) is 7.03. The smallest absolute Gasteiger partial charge is 0.253 e. The lowest BCUT2D eigenvalue weighted by Gasteiger charge is -2.11. The summed E-state index contributed by atoms with van der Waals surface area (Å²) in [6, 6.07) is 9.30. The molecule has 1 heterocycles. The topological polar surface area (TPSA) is 65.2 Å². The first-order valence-electron chi connectivity index (χ1n) is 8.15. The Balaban J connectivity index is 2.02. The number of aromatic amines is 1. The van der Waals surface area contributed by atoms with E-state index in [4.69, 9.17) is 0 Å². The third-order valence-corrected chi connectivity index (χ3v) is 4.13. The van der Waals surface area contributed by atoms with E-state index in [2.05, 4.69) is 10.3 Å². The molecule has 5 nitrogen and oxygen atoms in total. The molecule has 0 unspecified atom stereocenters. The molecule has 130 valence electrons. The second-order valence-electron chi connectivity index (χ2n) is 6.26. The van der Waals surface area contributed by atoms with E-state index < -0.39 is 5.82 Å². The molecule has 0 spiro atoms. The van der Waals surface area contributed by atoms with Crippen LogP contribution in [0.1, 0.15) is 16.8 Å². The van der Waals surface area contributed by atoms with Crippen LogP contribution in [0.4, 0.5) is 4.39 Å². The van der Waals surface area contributed by atoms with Crippen molar-refractivity contribution in [2.24, 2.45) is 0 Å². The Kier molecular flexibility index (Phi) is 4.81. The van der Waals surface area contributed by atoms with Gasteiger partial charge in [-0.05, 0) is 51.3 Å². The molecule has 0 aliphatic carbocycles. The average Bonchev–Trinajstić information content (AvgIpc) is 2.59. The monoisotopic (exact) mass is 341 g/mol. The molecule has 0 aliphatic rings. The molecule has 6 heteroatoms. The zero-order chi connectivity index (χ0) is 18.0. The Morgan fingerprint density at radius 3 is 2.52 bits per heavy atom. The lowest BCUT2D eigenvalue weighted by Crippen LogP contribution is -2.27. The van der Waals surface area contributed by atoms with Gasteiger partial charge in [0.2, 0.25) is 0 Å². The number of para-hydroxylation sites is 2. The van der Waals surface area contributed by atoms with Crippen molar-refractivity contribution in [3.05, 3.63) is 58.0 Å². The van der Waals surface area contributed by atoms with Gasteiger partial charge in [0.1, 0.15) is 5.82 Å². The summed E-state index contributed by atoms with van der Waals surface area (Å²) < 4.78 is 14.1. The van der Waals surface area contributed by atoms with Crippen molar-refractivity contribution in [1.29, 1.82) is 0 Å². The van der Waals surface area contributed by atoms with Crippen LogP contribution in [0.15, 0.2) is 41.2 Å². The highest BCUT2D eigenvalue weighted by atomic mass is 19.1. The molecule has 2 N–H and O–H groups in total. The van der Waals surface area contributed by atoms with Crippen LogP contribution in [0.2, 0.25) is 0 Å². The number of pyridine rings is 1. The van der Waals surface area contributed by atoms with Crippen molar-refractivity contribution in [3.63, 3.8) is 0 Å². The molecule has 2 aromatic carbocycles. The van der Waals surface area contributed by atoms with E-state index in [9.17, 15) is 14.0 Å². The van der Waals surface area contributed by atoms with Gasteiger partial charge in [0, 0.05) is 17.3 Å². The third kappa shape index (κ3) is 3.39. The van der Waals surface area contributed by atoms with Crippen molar-refractivity contribution < 1.29 is 9.18 Å². The van der Waals surface area contributed by atoms with E-state index in [1.54, 1.807) is 24.3 Å². The maximum atomic E-state index is 14.1. The first-order valence-corrected chi connectivity index (χ1v) is 8.15. The largest absolute Gasteiger partial charge is 0.352 e. The SMILES string of the molecule is CN(C)CCCNC(=O)c1cccc2c(=O)c3cccc(F)c3[nH]c12. The number of halogens is 1. The Morgan fingerprint density at radius 1 is 1.12 bits per heavy atom. The van der Waals surface area contributed by atoms with E-state index in [-0.39, 0.29) is 22.2 Å². The summed E-state index contributed by atoms with van der Waals surface area (Å²) in [5.41, 5.74) is 0.526. The fourth-order valence-corrected chi connectivity index (χ4v) is 2.87. The summed E-state index contributed by atoms with van der Waals surface area (Å²) in [6.45, 7) is 1.39. The lowest BCUT2D eigenvalue weighted by molar-refractivity contribution is 0.0954. The van der Waals surface area contributed by atoms with Crippen LogP contribution in [-0.2, 0) is 0 Å². The number of H-pyrrole nitrogens is 1. The average molecular weight is 341 g/mol. The molecule has 3 aromatic rings. The fourth-order valence-electron chi connectivity index (χ4n) is 2.87. The summed E-state index contributed by atoms with van der Waals surface area (Å²) >= 11 is 0. The standard InChI is InChI=1S/C19H20FN3O2/c1-23(2)11-5-10-21-19(25)14-8-3-6-12-16(14)22-17-13(18(12)24)7-4-9-15(17)20/h3-4,6-9H,5,10-11H2,1-2H3,(H,21,25)(H,22,24). The molecule has 25 heavy (non-hydrogen) atoms. The van der Waals surface area contributed by atoms with Crippen molar-refractivity contribution in [2.75, 3.05) is 27.2 Å². The van der Waals surface area contributed by atoms with Gasteiger partial charge in [-0.3, -0.25) is 9.59 Å². The molecule has 0 saturated heterocycles. The van der Waals surface area contributed by atoms with Crippen molar-refractivity contribution in [3.8, 4) is 0 Å². The molecule has 3 rings (SSSR count). The third-order valence-electron chi connectivity index (χ3n) is 4.13. The van der Waals surface area contributed by atoms with Gasteiger partial charge in [-0.25, -0.2) is 4.39 Å². The van der Waals surface area contributed by atoms with Gasteiger partial charge in [0.15, 0.2) is 5.43 Å². The number of hydrogen-bond acceptors (Lipinski definition) is 3. The number of rotatable bonds is 5. The molecule has 1 aromatic heterocycles. The van der Waals surface area contributed by atoms with E-state index in [0.29, 0.717) is 23.0 Å². The molecular formula is C19H20FN3O2. The van der Waals surface area contributed by atoms with Crippen LogP contribution < -0.4 is 10.7 Å². The number of amides is 1. The van der Waals surface area contributed by atoms with Gasteiger partial charge >= 0.3 is 0 Å². The number of aromatic nitrogens is 1. The van der Waals surface area contributed by atoms with Crippen LogP contribution >= 0.6 is 0 Å². The number of fused-ring (bicyclic) bond motifs is 2. The van der Waals surface area contributed by atoms with Crippen LogP contribution in [0.5, 0.6) is 0 Å². The van der Waals surface area contributed by atoms with Gasteiger partial charge in [0.25, 0.3) is 5.91 Å². The zero-order valence-corrected chi connectivity index (χ0v) is 14.2. The number of carbonyl (C=O) groups excluding carboxylic acids is 1. The Bertz CT molecular complexity index is 995. The number of nitrogens with one attached hydrogen (secondary N) is 2. The molecule has 0 fully saturated rings. The first kappa shape index (κ1) is 17.1. The van der Waals surface area contributed by atoms with Gasteiger partial charge in [0.05, 0.1) is 16.6 Å². The highest BCUT2D eigenvalue weighted by Crippen LogP contribution is 2.20. The van der Waals surface area contributed by atoms with Gasteiger partial charge < -0.3 is 15.2 Å². The highest BCUT2D eigenvalue weighted by molar-refractivity contribution is 6.07. The summed E-state index contributed by atoms with van der Waals surface area (Å²) in [6.07, 6.45) is 0.817. The van der Waals surface area contributed by atoms with E-state index in [1.807, 2.05) is 19.0 Å². The van der Waals surface area contributed by atoms with Gasteiger partial charge in [-0.2, -0.15) is 0 Å². The van der Waals surface area contributed by atoms with Crippen LogP contribution in [0.25, 0.3) is 21.8 Å². The van der Waals surface area contributed by atoms with Gasteiger partial charge in [-0.1, -0.05) is 12.1 Å². The molecule has 0 radical (unpaired) electrons. The minimum absolute atomic E-state index is 0.118. The molecule has 1 amide bonds. The Hall–Kier alpha value is -2.73. The normalized spacial score (nSPS) is 11.4. The first-order chi connectivity index (χ1) is 12.0. The Morgan fingerprint density at radius 2 is 1.80 bits per heavy atom. The van der Waals surface area contributed by atoms with Crippen LogP contribution in [-0.4, -0.2) is 43.0 Å². The maximum Gasteiger partial charge on any atom is 0.253 e. The van der Waals surface area contributed by atoms with Crippen LogP contribution in [0, 0.1) is 5.82 Å². The van der Waals surface area contributed by atoms with Crippen LogP contribution in [0.3, 0.4) is 0 Å². The molecule has 0 saturated carbocycles. The molecule has 0 atom stereocenters. The molecule has 0 aliphatic heterocycles. The maximum absolute atomic E-state index is 14.1. The van der Waals surface area contributed by atoms with Crippen molar-refractivity contribution >= 4 is 27.7 Å². The van der Waals surface area contributed by atoms with Crippen molar-refractivity contribution in [2.45, 2.75) is 6.42 Å². The van der Waals surface area contributed by atoms with E-state index in [1.165, 1.54) is 12.1 Å². The number of nitrogens with zero attached hydrogens (tertiary/aromatic N) is 1. The van der Waals surface area contributed by atoms with E-state index in [0.717, 1.165) is 13.0 Å². The number of hydrogen-bond donors (Lipinski definition) is 2. The quantitative estimate of drug-likeness (QED) is 0.554. The minimum atomic E-state index is -0.516. The summed E-state index contributed by atoms with van der Waals surface area (Å²) in [4.78, 5) is 30.1. The second-order valence-corrected chi connectivity index (χ2v) is 6.26. The van der Waals surface area contributed by atoms with Crippen molar-refractivity contribution in [1.82, 2.24) is 15.2 Å². The Labute approximate surface area is 144 Å². The zero-order valence-electron chi connectivity index (χ0n) is 14.2. The number of benzene rings is 2. The predicted octanol–water partition coefficient (Wildman–Crippen LogP) is 2.50. The van der Waals surface area contributed by atoms with Gasteiger partial charge in [-0.15, -0.1) is 0 Å². The summed E-state index contributed by atoms with van der Waals surface area (Å²) in [5.74, 6) is -0.798. The summed E-state index contributed by atoms with van der Waals surface area (Å²) in [5, 5.41) is 3.50. The molecule has 0 bridgehead atoms. The van der Waals surface area contributed by atoms with E-state index >= 15 is 0 Å². The molecular weight excluding hydrogens is 321 g/mol. The highest BCUT2D eigenvalue weighted by Gasteiger charge is 2.15. The fraction of sp³-hybridized carbons (Fsp3) is 0.263. The number of carbonyl (C=O) groups is 1. The summed E-state index contributed by atoms with van der Waals surface area (Å²) in [7, 11) is 3.94.